The Hall–Kier alpha value is -2.00. The van der Waals surface area contributed by atoms with Gasteiger partial charge in [0.05, 0.1) is 11.6 Å². The standard InChI is InChI=1S/C17H23N3O2S/c1-12(2)16(20-13(3)21)17(22)19-8-9-23-11-15-7-5-4-6-14(15)10-18/h4-7,12,16H,8-9,11H2,1-3H3,(H,19,22)(H,20,21)/t16-/m0/s1. The van der Waals surface area contributed by atoms with Gasteiger partial charge >= 0.3 is 0 Å². The van der Waals surface area contributed by atoms with E-state index in [0.29, 0.717) is 12.1 Å². The van der Waals surface area contributed by atoms with Crippen LogP contribution in [0, 0.1) is 17.2 Å². The van der Waals surface area contributed by atoms with Gasteiger partial charge in [0.15, 0.2) is 0 Å². The lowest BCUT2D eigenvalue weighted by Gasteiger charge is -2.20. The third-order valence-electron chi connectivity index (χ3n) is 3.25. The lowest BCUT2D eigenvalue weighted by molar-refractivity contribution is -0.129. The van der Waals surface area contributed by atoms with Crippen LogP contribution in [0.5, 0.6) is 0 Å². The summed E-state index contributed by atoms with van der Waals surface area (Å²) in [4.78, 5) is 23.2. The third-order valence-corrected chi connectivity index (χ3v) is 4.26. The summed E-state index contributed by atoms with van der Waals surface area (Å²) in [5.41, 5.74) is 1.69. The molecule has 6 heteroatoms. The quantitative estimate of drug-likeness (QED) is 0.714. The van der Waals surface area contributed by atoms with Crippen molar-refractivity contribution < 1.29 is 9.59 Å². The van der Waals surface area contributed by atoms with E-state index in [9.17, 15) is 9.59 Å². The fraction of sp³-hybridized carbons (Fsp3) is 0.471. The zero-order valence-corrected chi connectivity index (χ0v) is 14.6. The smallest absolute Gasteiger partial charge is 0.242 e. The van der Waals surface area contributed by atoms with Crippen LogP contribution >= 0.6 is 11.8 Å². The Morgan fingerprint density at radius 2 is 2.00 bits per heavy atom. The molecule has 23 heavy (non-hydrogen) atoms. The first-order chi connectivity index (χ1) is 11.0. The molecular weight excluding hydrogens is 310 g/mol. The second kappa shape index (κ2) is 9.90. The van der Waals surface area contributed by atoms with E-state index in [1.807, 2.05) is 32.0 Å². The molecule has 2 N–H and O–H groups in total. The second-order valence-corrected chi connectivity index (χ2v) is 6.64. The van der Waals surface area contributed by atoms with Crippen LogP contribution in [0.2, 0.25) is 0 Å². The van der Waals surface area contributed by atoms with Crippen molar-refractivity contribution >= 4 is 23.6 Å². The predicted octanol–water partition coefficient (Wildman–Crippen LogP) is 2.07. The summed E-state index contributed by atoms with van der Waals surface area (Å²) in [5.74, 6) is 1.15. The first kappa shape index (κ1) is 19.0. The molecule has 0 aliphatic carbocycles. The van der Waals surface area contributed by atoms with Crippen LogP contribution in [0.4, 0.5) is 0 Å². The molecule has 2 amide bonds. The first-order valence-corrected chi connectivity index (χ1v) is 8.71. The van der Waals surface area contributed by atoms with Crippen LogP contribution in [-0.2, 0) is 15.3 Å². The molecule has 0 saturated carbocycles. The molecular formula is C17H23N3O2S. The average molecular weight is 333 g/mol. The normalized spacial score (nSPS) is 11.6. The molecule has 0 unspecified atom stereocenters. The number of nitrogens with one attached hydrogen (secondary N) is 2. The molecule has 0 saturated heterocycles. The average Bonchev–Trinajstić information content (AvgIpc) is 2.52. The molecule has 0 spiro atoms. The highest BCUT2D eigenvalue weighted by molar-refractivity contribution is 7.98. The van der Waals surface area contributed by atoms with Crippen molar-refractivity contribution in [2.75, 3.05) is 12.3 Å². The number of carbonyl (C=O) groups is 2. The number of hydrogen-bond acceptors (Lipinski definition) is 4. The van der Waals surface area contributed by atoms with Gasteiger partial charge in [0.25, 0.3) is 0 Å². The lowest BCUT2D eigenvalue weighted by Crippen LogP contribution is -2.49. The molecule has 124 valence electrons. The number of thioether (sulfide) groups is 1. The van der Waals surface area contributed by atoms with E-state index in [2.05, 4.69) is 16.7 Å². The van der Waals surface area contributed by atoms with Gasteiger partial charge in [0, 0.05) is 25.0 Å². The molecule has 5 nitrogen and oxygen atoms in total. The van der Waals surface area contributed by atoms with Gasteiger partial charge in [-0.25, -0.2) is 0 Å². The third kappa shape index (κ3) is 6.74. The number of benzene rings is 1. The molecule has 0 heterocycles. The number of carbonyl (C=O) groups excluding carboxylic acids is 2. The van der Waals surface area contributed by atoms with Crippen LogP contribution in [0.25, 0.3) is 0 Å². The molecule has 1 aromatic carbocycles. The Morgan fingerprint density at radius 3 is 2.61 bits per heavy atom. The van der Waals surface area contributed by atoms with Gasteiger partial charge in [0.1, 0.15) is 6.04 Å². The minimum Gasteiger partial charge on any atom is -0.353 e. The Bertz CT molecular complexity index is 581. The molecule has 0 radical (unpaired) electrons. The fourth-order valence-corrected chi connectivity index (χ4v) is 2.91. The van der Waals surface area contributed by atoms with Crippen LogP contribution in [0.15, 0.2) is 24.3 Å². The van der Waals surface area contributed by atoms with Crippen LogP contribution in [-0.4, -0.2) is 30.2 Å². The Balaban J connectivity index is 2.35. The molecule has 1 rings (SSSR count). The fourth-order valence-electron chi connectivity index (χ4n) is 2.05. The van der Waals surface area contributed by atoms with Gasteiger partial charge in [-0.05, 0) is 17.5 Å². The van der Waals surface area contributed by atoms with Crippen LogP contribution < -0.4 is 10.6 Å². The summed E-state index contributed by atoms with van der Waals surface area (Å²) in [7, 11) is 0. The van der Waals surface area contributed by atoms with Crippen LogP contribution in [0.3, 0.4) is 0 Å². The Labute approximate surface area is 141 Å². The predicted molar refractivity (Wildman–Crippen MR) is 92.8 cm³/mol. The highest BCUT2D eigenvalue weighted by atomic mass is 32.2. The largest absolute Gasteiger partial charge is 0.353 e. The molecule has 0 aliphatic rings. The van der Waals surface area contributed by atoms with E-state index in [1.165, 1.54) is 6.92 Å². The molecule has 1 aromatic rings. The minimum atomic E-state index is -0.503. The van der Waals surface area contributed by atoms with E-state index in [1.54, 1.807) is 17.8 Å². The summed E-state index contributed by atoms with van der Waals surface area (Å²) in [6, 6.07) is 9.18. The van der Waals surface area contributed by atoms with E-state index in [4.69, 9.17) is 5.26 Å². The minimum absolute atomic E-state index is 0.0362. The first-order valence-electron chi connectivity index (χ1n) is 7.56. The van der Waals surface area contributed by atoms with E-state index in [-0.39, 0.29) is 17.7 Å². The maximum Gasteiger partial charge on any atom is 0.242 e. The van der Waals surface area contributed by atoms with E-state index < -0.39 is 6.04 Å². The van der Waals surface area contributed by atoms with Gasteiger partial charge in [-0.1, -0.05) is 32.0 Å². The molecule has 0 aliphatic heterocycles. The van der Waals surface area contributed by atoms with Crippen molar-refractivity contribution in [3.8, 4) is 6.07 Å². The van der Waals surface area contributed by atoms with Gasteiger partial charge in [0.2, 0.25) is 11.8 Å². The van der Waals surface area contributed by atoms with Crippen molar-refractivity contribution in [2.24, 2.45) is 5.92 Å². The number of rotatable bonds is 8. The number of nitrogens with zero attached hydrogens (tertiary/aromatic N) is 1. The topological polar surface area (TPSA) is 82.0 Å². The molecule has 0 bridgehead atoms. The van der Waals surface area contributed by atoms with Gasteiger partial charge < -0.3 is 10.6 Å². The zero-order chi connectivity index (χ0) is 17.2. The summed E-state index contributed by atoms with van der Waals surface area (Å²) in [6.45, 7) is 5.73. The number of amides is 2. The molecule has 1 atom stereocenters. The van der Waals surface area contributed by atoms with E-state index in [0.717, 1.165) is 17.1 Å². The monoisotopic (exact) mass is 333 g/mol. The highest BCUT2D eigenvalue weighted by Gasteiger charge is 2.22. The van der Waals surface area contributed by atoms with Crippen molar-refractivity contribution in [3.05, 3.63) is 35.4 Å². The van der Waals surface area contributed by atoms with Gasteiger partial charge in [-0.15, -0.1) is 0 Å². The summed E-state index contributed by atoms with van der Waals surface area (Å²) in [5, 5.41) is 14.5. The lowest BCUT2D eigenvalue weighted by atomic mass is 10.0. The summed E-state index contributed by atoms with van der Waals surface area (Å²) >= 11 is 1.66. The Kier molecular flexibility index (Phi) is 8.20. The Morgan fingerprint density at radius 1 is 1.30 bits per heavy atom. The van der Waals surface area contributed by atoms with Crippen molar-refractivity contribution in [3.63, 3.8) is 0 Å². The molecule has 0 fully saturated rings. The second-order valence-electron chi connectivity index (χ2n) is 5.53. The van der Waals surface area contributed by atoms with Gasteiger partial charge in [-0.2, -0.15) is 17.0 Å². The van der Waals surface area contributed by atoms with E-state index >= 15 is 0 Å². The maximum absolute atomic E-state index is 12.1. The van der Waals surface area contributed by atoms with Crippen LogP contribution in [0.1, 0.15) is 31.9 Å². The maximum atomic E-state index is 12.1. The van der Waals surface area contributed by atoms with Gasteiger partial charge in [-0.3, -0.25) is 9.59 Å². The number of hydrogen-bond donors (Lipinski definition) is 2. The van der Waals surface area contributed by atoms with Crippen molar-refractivity contribution in [1.29, 1.82) is 5.26 Å². The summed E-state index contributed by atoms with van der Waals surface area (Å²) < 4.78 is 0. The SMILES string of the molecule is CC(=O)N[C@H](C(=O)NCCSCc1ccccc1C#N)C(C)C. The number of nitriles is 1. The molecule has 0 aromatic heterocycles. The highest BCUT2D eigenvalue weighted by Crippen LogP contribution is 2.15. The zero-order valence-electron chi connectivity index (χ0n) is 13.8. The summed E-state index contributed by atoms with van der Waals surface area (Å²) in [6.07, 6.45) is 0. The van der Waals surface area contributed by atoms with Crippen molar-refractivity contribution in [1.82, 2.24) is 10.6 Å². The van der Waals surface area contributed by atoms with Crippen molar-refractivity contribution in [2.45, 2.75) is 32.6 Å².